The van der Waals surface area contributed by atoms with Crippen LogP contribution < -0.4 is 14.3 Å². The van der Waals surface area contributed by atoms with Crippen LogP contribution in [0.4, 0.5) is 4.39 Å². The van der Waals surface area contributed by atoms with E-state index in [1.165, 1.54) is 31.7 Å². The van der Waals surface area contributed by atoms with Gasteiger partial charge in [0.05, 0.1) is 26.1 Å². The van der Waals surface area contributed by atoms with Crippen LogP contribution in [0.25, 0.3) is 11.2 Å². The lowest BCUT2D eigenvalue weighted by Gasteiger charge is -2.27. The first-order valence-corrected chi connectivity index (χ1v) is 15.9. The van der Waals surface area contributed by atoms with Gasteiger partial charge in [-0.15, -0.1) is 0 Å². The molecule has 14 nitrogen and oxygen atoms in total. The number of hydrogen-bond donors (Lipinski definition) is 3. The average molecular weight is 638 g/mol. The van der Waals surface area contributed by atoms with Gasteiger partial charge in [-0.1, -0.05) is 44.9 Å². The van der Waals surface area contributed by atoms with Gasteiger partial charge < -0.3 is 28.9 Å². The molecule has 0 spiro atoms. The maximum absolute atomic E-state index is 15.7. The Morgan fingerprint density at radius 1 is 1.14 bits per heavy atom. The van der Waals surface area contributed by atoms with Crippen molar-refractivity contribution in [3.8, 4) is 11.6 Å². The lowest BCUT2D eigenvalue weighted by atomic mass is 9.88. The van der Waals surface area contributed by atoms with Crippen LogP contribution in [0.2, 0.25) is 0 Å². The number of cyclic esters (lactones) is 1. The van der Waals surface area contributed by atoms with E-state index in [1.54, 1.807) is 18.2 Å². The number of hydrogen-bond acceptors (Lipinski definition) is 12. The number of imidazole rings is 1. The van der Waals surface area contributed by atoms with Crippen LogP contribution in [0.5, 0.6) is 11.6 Å². The van der Waals surface area contributed by atoms with E-state index in [9.17, 15) is 19.6 Å². The Kier molecular flexibility index (Phi) is 9.54. The van der Waals surface area contributed by atoms with Crippen molar-refractivity contribution in [2.75, 3.05) is 19.8 Å². The topological polar surface area (TPSA) is 176 Å². The number of halogens is 1. The number of aliphatic hydroxyl groups is 2. The highest BCUT2D eigenvalue weighted by Gasteiger charge is 2.58. The summed E-state index contributed by atoms with van der Waals surface area (Å²) in [7, 11) is -4.38. The van der Waals surface area contributed by atoms with Crippen molar-refractivity contribution in [2.24, 2.45) is 5.41 Å². The van der Waals surface area contributed by atoms with Gasteiger partial charge in [0.25, 0.3) is 5.85 Å². The number of nitrogens with one attached hydrogen (secondary N) is 1. The summed E-state index contributed by atoms with van der Waals surface area (Å²) >= 11 is 0. The molecule has 2 aromatic heterocycles. The zero-order valence-corrected chi connectivity index (χ0v) is 25.6. The number of aromatic nitrogens is 4. The molecule has 6 bridgehead atoms. The van der Waals surface area contributed by atoms with Gasteiger partial charge in [0.15, 0.2) is 17.4 Å². The molecule has 0 saturated carbocycles. The Bertz CT molecular complexity index is 1490. The van der Waals surface area contributed by atoms with Crippen LogP contribution in [0.3, 0.4) is 0 Å². The third-order valence-corrected chi connectivity index (χ3v) is 9.06. The number of nitrogens with zero attached hydrogens (tertiary/aromatic N) is 4. The highest BCUT2D eigenvalue weighted by Crippen LogP contribution is 2.47. The number of esters is 1. The molecule has 16 heteroatoms. The number of ether oxygens (including phenoxy) is 3. The van der Waals surface area contributed by atoms with Crippen LogP contribution in [-0.2, 0) is 23.4 Å². The Morgan fingerprint density at radius 3 is 2.68 bits per heavy atom. The molecular formula is C28H37FN5O9P. The van der Waals surface area contributed by atoms with Gasteiger partial charge in [-0.3, -0.25) is 13.9 Å². The average Bonchev–Trinajstić information content (AvgIpc) is 3.50. The molecule has 1 unspecified atom stereocenters. The van der Waals surface area contributed by atoms with E-state index < -0.39 is 50.7 Å². The van der Waals surface area contributed by atoms with Gasteiger partial charge in [-0.2, -0.15) is 10.1 Å². The van der Waals surface area contributed by atoms with E-state index in [0.29, 0.717) is 13.0 Å². The number of carbonyl (C=O) groups is 1. The molecule has 240 valence electrons. The summed E-state index contributed by atoms with van der Waals surface area (Å²) in [5.74, 6) is -3.69. The largest absolute Gasteiger partial charge is 0.476 e. The number of carbonyl (C=O) groups excluding carboxylic acids is 1. The minimum absolute atomic E-state index is 0.0980. The van der Waals surface area contributed by atoms with Crippen LogP contribution in [0.15, 0.2) is 43.0 Å². The van der Waals surface area contributed by atoms with Crippen LogP contribution in [0.1, 0.15) is 52.7 Å². The lowest BCUT2D eigenvalue weighted by Crippen LogP contribution is -2.43. The number of aliphatic hydroxyl groups excluding tert-OH is 1. The fourth-order valence-corrected chi connectivity index (χ4v) is 6.43. The van der Waals surface area contributed by atoms with Gasteiger partial charge in [-0.25, -0.2) is 18.9 Å². The molecule has 0 amide bonds. The quantitative estimate of drug-likeness (QED) is 0.275. The summed E-state index contributed by atoms with van der Waals surface area (Å²) in [6.45, 7) is 5.18. The van der Waals surface area contributed by atoms with E-state index in [2.05, 4.69) is 20.0 Å². The fraction of sp³-hybridized carbons (Fsp3) is 0.571. The van der Waals surface area contributed by atoms with Crippen molar-refractivity contribution in [2.45, 2.75) is 76.8 Å². The van der Waals surface area contributed by atoms with E-state index in [4.69, 9.17) is 23.3 Å². The fourth-order valence-electron chi connectivity index (χ4n) is 4.93. The molecule has 1 saturated heterocycles. The van der Waals surface area contributed by atoms with Crippen LogP contribution in [-0.4, -0.2) is 79.6 Å². The van der Waals surface area contributed by atoms with Gasteiger partial charge in [0.1, 0.15) is 30.3 Å². The van der Waals surface area contributed by atoms with E-state index in [-0.39, 0.29) is 34.8 Å². The van der Waals surface area contributed by atoms with Gasteiger partial charge in [0, 0.05) is 0 Å². The first kappa shape index (κ1) is 32.2. The highest BCUT2D eigenvalue weighted by molar-refractivity contribution is 7.52. The maximum atomic E-state index is 15.7. The monoisotopic (exact) mass is 637 g/mol. The molecule has 0 radical (unpaired) electrons. The molecule has 3 N–H and O–H groups in total. The summed E-state index contributed by atoms with van der Waals surface area (Å²) in [5.41, 5.74) is -0.0131. The predicted octanol–water partition coefficient (Wildman–Crippen LogP) is 3.45. The Hall–Kier alpha value is -3.20. The van der Waals surface area contributed by atoms with E-state index >= 15 is 4.39 Å². The third-order valence-electron chi connectivity index (χ3n) is 7.42. The second kappa shape index (κ2) is 13.0. The molecule has 2 aliphatic heterocycles. The first-order chi connectivity index (χ1) is 20.9. The van der Waals surface area contributed by atoms with Crippen molar-refractivity contribution in [1.29, 1.82) is 0 Å². The third kappa shape index (κ3) is 7.19. The number of para-hydroxylation sites is 1. The molecule has 6 atom stereocenters. The standard InChI is InChI=1S/C28H37FN5O9P/c1-18-25(36)40-15-27(2,3)12-8-5-9-13-39-24-21-23(30-16-31-24)34(17-32-21)26-28(29,37)22(35)20(42-26)14-41-44(38,33-18)43-19-10-6-4-7-11-19/h4,6-7,10-11,16-18,20,22,26,35,37H,5,8-9,12-15H2,1-3H3,(H,33,38)/t18-,20-,22-,26-,28-,44?/m1/s1. The molecule has 1 aromatic carbocycles. The molecule has 2 aliphatic rings. The number of fused-ring (bicyclic) bond motifs is 3. The van der Waals surface area contributed by atoms with Crippen molar-refractivity contribution >= 4 is 24.9 Å². The molecule has 5 rings (SSSR count). The van der Waals surface area contributed by atoms with E-state index in [0.717, 1.165) is 23.8 Å². The van der Waals surface area contributed by atoms with Crippen molar-refractivity contribution in [3.05, 3.63) is 43.0 Å². The number of rotatable bonds is 2. The number of alkyl halides is 1. The smallest absolute Gasteiger partial charge is 0.459 e. The minimum Gasteiger partial charge on any atom is -0.476 e. The summed E-state index contributed by atoms with van der Waals surface area (Å²) in [4.78, 5) is 25.4. The van der Waals surface area contributed by atoms with E-state index in [1.807, 2.05) is 13.8 Å². The molecule has 44 heavy (non-hydrogen) atoms. The predicted molar refractivity (Wildman–Crippen MR) is 153 cm³/mol. The maximum Gasteiger partial charge on any atom is 0.459 e. The summed E-state index contributed by atoms with van der Waals surface area (Å²) < 4.78 is 59.0. The van der Waals surface area contributed by atoms with Crippen molar-refractivity contribution in [1.82, 2.24) is 24.6 Å². The molecular weight excluding hydrogens is 600 g/mol. The van der Waals surface area contributed by atoms with Crippen LogP contribution in [0, 0.1) is 5.41 Å². The second-order valence-electron chi connectivity index (χ2n) is 11.7. The van der Waals surface area contributed by atoms with Gasteiger partial charge >= 0.3 is 13.7 Å². The Morgan fingerprint density at radius 2 is 1.91 bits per heavy atom. The summed E-state index contributed by atoms with van der Waals surface area (Å²) in [5, 5.41) is 24.0. The second-order valence-corrected chi connectivity index (χ2v) is 13.4. The van der Waals surface area contributed by atoms with Crippen molar-refractivity contribution < 1.29 is 47.2 Å². The van der Waals surface area contributed by atoms with Crippen LogP contribution >= 0.6 is 7.75 Å². The van der Waals surface area contributed by atoms with Gasteiger partial charge in [-0.05, 0) is 37.3 Å². The number of benzene rings is 1. The zero-order valence-electron chi connectivity index (χ0n) is 24.7. The van der Waals surface area contributed by atoms with Crippen molar-refractivity contribution in [3.63, 3.8) is 0 Å². The molecule has 4 heterocycles. The minimum atomic E-state index is -4.38. The molecule has 3 aromatic rings. The summed E-state index contributed by atoms with van der Waals surface area (Å²) in [6.07, 6.45) is 0.0961. The summed E-state index contributed by atoms with van der Waals surface area (Å²) in [6, 6.07) is 6.93. The highest BCUT2D eigenvalue weighted by atomic mass is 31.2. The Labute approximate surface area is 253 Å². The molecule has 1 fully saturated rings. The first-order valence-electron chi connectivity index (χ1n) is 14.4. The zero-order chi connectivity index (χ0) is 31.5. The van der Waals surface area contributed by atoms with Gasteiger partial charge in [0.2, 0.25) is 5.88 Å². The lowest BCUT2D eigenvalue weighted by molar-refractivity contribution is -0.195. The molecule has 0 aliphatic carbocycles. The normalized spacial score (nSPS) is 32.3. The Balaban J connectivity index is 1.44. The SMILES string of the molecule is C[C@H]1NP(=O)(Oc2ccccc2)OC[C@H]2O[C@@H](n3cnc4c(ncnc43)OCCCCCC(C)(C)COC1=O)[C@@](O)(F)[C@@H]2O.